The molecule has 1 aromatic heterocycles. The molecule has 3 nitrogen and oxygen atoms in total. The molecule has 1 heterocycles. The molecule has 2 rings (SSSR count). The summed E-state index contributed by atoms with van der Waals surface area (Å²) >= 11 is 0. The lowest BCUT2D eigenvalue weighted by molar-refractivity contribution is 0.468. The first-order chi connectivity index (χ1) is 9.80. The summed E-state index contributed by atoms with van der Waals surface area (Å²) in [6.45, 7) is 8.55. The van der Waals surface area contributed by atoms with Gasteiger partial charge in [-0.05, 0) is 26.0 Å². The van der Waals surface area contributed by atoms with Crippen molar-refractivity contribution < 1.29 is 0 Å². The molecular formula is C17H27N3. The van der Waals surface area contributed by atoms with Crippen LogP contribution in [-0.2, 0) is 13.0 Å². The highest BCUT2D eigenvalue weighted by Crippen LogP contribution is 2.20. The van der Waals surface area contributed by atoms with E-state index in [4.69, 9.17) is 5.10 Å². The highest BCUT2D eigenvalue weighted by molar-refractivity contribution is 5.82. The maximum absolute atomic E-state index is 4.81. The number of rotatable bonds is 8. The number of unbranched alkanes of at least 4 members (excludes halogenated alkanes) is 1. The quantitative estimate of drug-likeness (QED) is 0.793. The van der Waals surface area contributed by atoms with Crippen LogP contribution in [0.3, 0.4) is 0 Å². The monoisotopic (exact) mass is 273 g/mol. The summed E-state index contributed by atoms with van der Waals surface area (Å²) in [6, 6.07) is 9.13. The molecule has 0 aliphatic heterocycles. The molecule has 20 heavy (non-hydrogen) atoms. The Morgan fingerprint density at radius 2 is 2.00 bits per heavy atom. The average molecular weight is 273 g/mol. The first-order valence-electron chi connectivity index (χ1n) is 7.97. The summed E-state index contributed by atoms with van der Waals surface area (Å²) in [7, 11) is 0. The summed E-state index contributed by atoms with van der Waals surface area (Å²) in [6.07, 6.45) is 4.80. The third-order valence-electron chi connectivity index (χ3n) is 3.87. The smallest absolute Gasteiger partial charge is 0.0718 e. The molecule has 3 heteroatoms. The maximum Gasteiger partial charge on any atom is 0.0718 e. The Morgan fingerprint density at radius 1 is 1.20 bits per heavy atom. The molecule has 2 aromatic rings. The topological polar surface area (TPSA) is 29.9 Å². The Labute approximate surface area is 122 Å². The number of aryl methyl sites for hydroxylation is 1. The third kappa shape index (κ3) is 3.40. The first kappa shape index (κ1) is 15.0. The second kappa shape index (κ2) is 7.44. The van der Waals surface area contributed by atoms with Gasteiger partial charge in [-0.3, -0.25) is 4.68 Å². The van der Waals surface area contributed by atoms with Crippen molar-refractivity contribution in [1.82, 2.24) is 15.1 Å². The molecule has 0 bridgehead atoms. The van der Waals surface area contributed by atoms with Gasteiger partial charge in [0.15, 0.2) is 0 Å². The Hall–Kier alpha value is -1.35. The number of hydrogen-bond donors (Lipinski definition) is 1. The van der Waals surface area contributed by atoms with E-state index in [1.165, 1.54) is 35.9 Å². The van der Waals surface area contributed by atoms with Crippen LogP contribution < -0.4 is 5.32 Å². The van der Waals surface area contributed by atoms with Gasteiger partial charge in [-0.2, -0.15) is 5.10 Å². The summed E-state index contributed by atoms with van der Waals surface area (Å²) < 4.78 is 2.12. The van der Waals surface area contributed by atoms with Crippen LogP contribution in [-0.4, -0.2) is 22.4 Å². The van der Waals surface area contributed by atoms with Crippen LogP contribution in [0.4, 0.5) is 0 Å². The molecule has 0 radical (unpaired) electrons. The molecule has 1 N–H and O–H groups in total. The predicted molar refractivity (Wildman–Crippen MR) is 86.1 cm³/mol. The molecule has 0 aliphatic rings. The van der Waals surface area contributed by atoms with Gasteiger partial charge in [0.25, 0.3) is 0 Å². The van der Waals surface area contributed by atoms with Crippen molar-refractivity contribution >= 4 is 10.9 Å². The summed E-state index contributed by atoms with van der Waals surface area (Å²) in [4.78, 5) is 0. The van der Waals surface area contributed by atoms with Gasteiger partial charge in [-0.15, -0.1) is 0 Å². The molecular weight excluding hydrogens is 246 g/mol. The van der Waals surface area contributed by atoms with Gasteiger partial charge in [-0.25, -0.2) is 0 Å². The predicted octanol–water partition coefficient (Wildman–Crippen LogP) is 3.77. The number of hydrogen-bond acceptors (Lipinski definition) is 2. The van der Waals surface area contributed by atoms with E-state index in [1.54, 1.807) is 0 Å². The van der Waals surface area contributed by atoms with Crippen molar-refractivity contribution in [1.29, 1.82) is 0 Å². The molecule has 0 saturated carbocycles. The van der Waals surface area contributed by atoms with E-state index < -0.39 is 0 Å². The second-order valence-electron chi connectivity index (χ2n) is 5.38. The van der Waals surface area contributed by atoms with Crippen LogP contribution in [0.15, 0.2) is 24.3 Å². The Balaban J connectivity index is 2.22. The van der Waals surface area contributed by atoms with Crippen LogP contribution in [0.1, 0.15) is 45.7 Å². The number of benzene rings is 1. The van der Waals surface area contributed by atoms with Crippen molar-refractivity contribution in [2.24, 2.45) is 0 Å². The van der Waals surface area contributed by atoms with Gasteiger partial charge in [0.05, 0.1) is 11.2 Å². The standard InChI is InChI=1S/C17H27N3/c1-4-7-10-14(18-5-2)13-16-15-11-8-9-12-17(15)20(6-3)19-16/h8-9,11-12,14,18H,4-7,10,13H2,1-3H3. The number of nitrogens with one attached hydrogen (secondary N) is 1. The molecule has 0 saturated heterocycles. The summed E-state index contributed by atoms with van der Waals surface area (Å²) in [5.74, 6) is 0. The van der Waals surface area contributed by atoms with E-state index in [1.807, 2.05) is 0 Å². The highest BCUT2D eigenvalue weighted by atomic mass is 15.3. The molecule has 0 aliphatic carbocycles. The van der Waals surface area contributed by atoms with Crippen LogP contribution >= 0.6 is 0 Å². The van der Waals surface area contributed by atoms with E-state index in [9.17, 15) is 0 Å². The van der Waals surface area contributed by atoms with Crippen molar-refractivity contribution in [3.8, 4) is 0 Å². The van der Waals surface area contributed by atoms with Crippen molar-refractivity contribution in [2.45, 2.75) is 59.0 Å². The van der Waals surface area contributed by atoms with E-state index in [-0.39, 0.29) is 0 Å². The van der Waals surface area contributed by atoms with Crippen LogP contribution in [0.5, 0.6) is 0 Å². The van der Waals surface area contributed by atoms with E-state index in [2.05, 4.69) is 55.0 Å². The van der Waals surface area contributed by atoms with Crippen LogP contribution in [0.25, 0.3) is 10.9 Å². The average Bonchev–Trinajstić information content (AvgIpc) is 2.83. The molecule has 0 spiro atoms. The summed E-state index contributed by atoms with van der Waals surface area (Å²) in [5.41, 5.74) is 2.50. The zero-order valence-electron chi connectivity index (χ0n) is 13.0. The lowest BCUT2D eigenvalue weighted by Gasteiger charge is -2.16. The van der Waals surface area contributed by atoms with Gasteiger partial charge >= 0.3 is 0 Å². The van der Waals surface area contributed by atoms with Gasteiger partial charge in [-0.1, -0.05) is 44.9 Å². The number of para-hydroxylation sites is 1. The third-order valence-corrected chi connectivity index (χ3v) is 3.87. The number of nitrogens with zero attached hydrogens (tertiary/aromatic N) is 2. The van der Waals surface area contributed by atoms with E-state index in [0.29, 0.717) is 6.04 Å². The fraction of sp³-hybridized carbons (Fsp3) is 0.588. The Kier molecular flexibility index (Phi) is 5.60. The van der Waals surface area contributed by atoms with Gasteiger partial charge < -0.3 is 5.32 Å². The molecule has 110 valence electrons. The highest BCUT2D eigenvalue weighted by Gasteiger charge is 2.14. The molecule has 1 unspecified atom stereocenters. The fourth-order valence-corrected chi connectivity index (χ4v) is 2.84. The van der Waals surface area contributed by atoms with Crippen molar-refractivity contribution in [3.63, 3.8) is 0 Å². The van der Waals surface area contributed by atoms with Crippen LogP contribution in [0.2, 0.25) is 0 Å². The number of likely N-dealkylation sites (N-methyl/N-ethyl adjacent to an activating group) is 1. The largest absolute Gasteiger partial charge is 0.314 e. The van der Waals surface area contributed by atoms with E-state index in [0.717, 1.165) is 19.5 Å². The van der Waals surface area contributed by atoms with E-state index >= 15 is 0 Å². The number of aromatic nitrogens is 2. The Morgan fingerprint density at radius 3 is 2.70 bits per heavy atom. The van der Waals surface area contributed by atoms with Crippen molar-refractivity contribution in [2.75, 3.05) is 6.54 Å². The van der Waals surface area contributed by atoms with Crippen LogP contribution in [0, 0.1) is 0 Å². The van der Waals surface area contributed by atoms with Gasteiger partial charge in [0, 0.05) is 24.4 Å². The summed E-state index contributed by atoms with van der Waals surface area (Å²) in [5, 5.41) is 9.74. The zero-order valence-corrected chi connectivity index (χ0v) is 13.0. The van der Waals surface area contributed by atoms with Gasteiger partial charge in [0.2, 0.25) is 0 Å². The molecule has 1 atom stereocenters. The lowest BCUT2D eigenvalue weighted by Crippen LogP contribution is -2.31. The normalized spacial score (nSPS) is 12.9. The van der Waals surface area contributed by atoms with Crippen molar-refractivity contribution in [3.05, 3.63) is 30.0 Å². The molecule has 0 amide bonds. The minimum atomic E-state index is 0.545. The Bertz CT molecular complexity index is 530. The minimum absolute atomic E-state index is 0.545. The SMILES string of the molecule is CCCCC(Cc1nn(CC)c2ccccc12)NCC. The number of fused-ring (bicyclic) bond motifs is 1. The molecule has 0 fully saturated rings. The zero-order chi connectivity index (χ0) is 14.4. The lowest BCUT2D eigenvalue weighted by atomic mass is 10.0. The maximum atomic E-state index is 4.81. The fourth-order valence-electron chi connectivity index (χ4n) is 2.84. The minimum Gasteiger partial charge on any atom is -0.314 e. The van der Waals surface area contributed by atoms with Gasteiger partial charge in [0.1, 0.15) is 0 Å². The first-order valence-corrected chi connectivity index (χ1v) is 7.97. The second-order valence-corrected chi connectivity index (χ2v) is 5.38. The molecule has 1 aromatic carbocycles.